The molecule has 0 aliphatic rings. The molecule has 0 aliphatic heterocycles. The zero-order chi connectivity index (χ0) is 38.9. The Balaban J connectivity index is 1.19. The highest BCUT2D eigenvalue weighted by Gasteiger charge is 2.23. The van der Waals surface area contributed by atoms with Crippen LogP contribution in [-0.2, 0) is 0 Å². The van der Waals surface area contributed by atoms with Gasteiger partial charge in [0.05, 0.1) is 0 Å². The zero-order valence-corrected chi connectivity index (χ0v) is 32.6. The van der Waals surface area contributed by atoms with Crippen molar-refractivity contribution in [2.75, 3.05) is 0 Å². The van der Waals surface area contributed by atoms with E-state index in [0.717, 1.165) is 54.4 Å². The second kappa shape index (κ2) is 13.6. The minimum atomic E-state index is 0.632. The molecule has 0 saturated carbocycles. The number of hydrogen-bond acceptors (Lipinski definition) is 4. The van der Waals surface area contributed by atoms with E-state index in [9.17, 15) is 0 Å². The van der Waals surface area contributed by atoms with Crippen molar-refractivity contribution in [2.24, 2.45) is 0 Å². The Morgan fingerprint density at radius 3 is 1.63 bits per heavy atom. The van der Waals surface area contributed by atoms with E-state index in [1.165, 1.54) is 47.8 Å². The van der Waals surface area contributed by atoms with Gasteiger partial charge in [0.25, 0.3) is 0 Å². The number of benzene rings is 10. The molecule has 12 rings (SSSR count). The average molecular weight is 768 g/mol. The lowest BCUT2D eigenvalue weighted by molar-refractivity contribution is 1.08. The van der Waals surface area contributed by atoms with Gasteiger partial charge in [0.1, 0.15) is 0 Å². The highest BCUT2D eigenvalue weighted by atomic mass is 32.1. The van der Waals surface area contributed by atoms with Crippen LogP contribution in [0.2, 0.25) is 0 Å². The quantitative estimate of drug-likeness (QED) is 0.164. The third-order valence-electron chi connectivity index (χ3n) is 11.7. The van der Waals surface area contributed by atoms with Crippen LogP contribution in [0.3, 0.4) is 0 Å². The Kier molecular flexibility index (Phi) is 7.72. The van der Waals surface area contributed by atoms with E-state index in [-0.39, 0.29) is 0 Å². The maximum Gasteiger partial charge on any atom is 0.165 e. The average Bonchev–Trinajstić information content (AvgIpc) is 3.70. The summed E-state index contributed by atoms with van der Waals surface area (Å²) in [5, 5.41) is 11.9. The predicted molar refractivity (Wildman–Crippen MR) is 250 cm³/mol. The highest BCUT2D eigenvalue weighted by molar-refractivity contribution is 7.26. The zero-order valence-electron chi connectivity index (χ0n) is 31.8. The van der Waals surface area contributed by atoms with Crippen LogP contribution in [0.1, 0.15) is 0 Å². The minimum Gasteiger partial charge on any atom is -0.208 e. The maximum absolute atomic E-state index is 5.55. The number of nitrogens with zero attached hydrogens (tertiary/aromatic N) is 3. The molecule has 2 aromatic heterocycles. The van der Waals surface area contributed by atoms with Gasteiger partial charge in [-0.1, -0.05) is 182 Å². The summed E-state index contributed by atoms with van der Waals surface area (Å²) >= 11 is 1.79. The van der Waals surface area contributed by atoms with Gasteiger partial charge in [0.15, 0.2) is 17.5 Å². The van der Waals surface area contributed by atoms with E-state index in [0.29, 0.717) is 17.5 Å². The van der Waals surface area contributed by atoms with Crippen LogP contribution >= 0.6 is 11.3 Å². The molecule has 0 saturated heterocycles. The van der Waals surface area contributed by atoms with Gasteiger partial charge >= 0.3 is 0 Å². The fourth-order valence-electron chi connectivity index (χ4n) is 9.04. The van der Waals surface area contributed by atoms with E-state index in [2.05, 4.69) is 200 Å². The van der Waals surface area contributed by atoms with E-state index in [1.807, 2.05) is 0 Å². The van der Waals surface area contributed by atoms with Gasteiger partial charge in [-0.3, -0.25) is 0 Å². The molecule has 0 aliphatic carbocycles. The lowest BCUT2D eigenvalue weighted by atomic mass is 9.90. The summed E-state index contributed by atoms with van der Waals surface area (Å²) in [7, 11) is 0. The fraction of sp³-hybridized carbons (Fsp3) is 0. The molecule has 0 N–H and O–H groups in total. The van der Waals surface area contributed by atoms with Gasteiger partial charge < -0.3 is 0 Å². The van der Waals surface area contributed by atoms with Crippen LogP contribution in [0.5, 0.6) is 0 Å². The molecular weight excluding hydrogens is 735 g/mol. The van der Waals surface area contributed by atoms with Crippen molar-refractivity contribution in [1.82, 2.24) is 15.0 Å². The normalized spacial score (nSPS) is 11.7. The molecule has 59 heavy (non-hydrogen) atoms. The van der Waals surface area contributed by atoms with Gasteiger partial charge in [-0.05, 0) is 83.5 Å². The summed E-state index contributed by atoms with van der Waals surface area (Å²) in [6.07, 6.45) is 0. The van der Waals surface area contributed by atoms with Crippen LogP contribution < -0.4 is 0 Å². The Labute approximate surface area is 344 Å². The minimum absolute atomic E-state index is 0.632. The van der Waals surface area contributed by atoms with E-state index >= 15 is 0 Å². The summed E-state index contributed by atoms with van der Waals surface area (Å²) in [6.45, 7) is 0. The van der Waals surface area contributed by atoms with Crippen molar-refractivity contribution in [3.05, 3.63) is 200 Å². The second-order valence-electron chi connectivity index (χ2n) is 15.1. The maximum atomic E-state index is 5.55. The molecule has 4 heteroatoms. The van der Waals surface area contributed by atoms with Crippen molar-refractivity contribution in [1.29, 1.82) is 0 Å². The molecule has 0 spiro atoms. The molecule has 0 atom stereocenters. The highest BCUT2D eigenvalue weighted by Crippen LogP contribution is 2.44. The van der Waals surface area contributed by atoms with Crippen LogP contribution in [0.15, 0.2) is 200 Å². The second-order valence-corrected chi connectivity index (χ2v) is 16.1. The standard InChI is InChI=1S/C55H33N3S/c1-4-19-37-34(15-1)18-13-27-41(37)45-32-31-35-16-2-6-21-39(35)51(45)55-57-53(56-54(58-55)48-29-14-28-46-44-25-11-12-30-50(44)59-52(46)48)47-26-10-9-24-43(47)49-33-36-17-3-5-20-38(36)40-22-7-8-23-42(40)49/h1-33H. The third kappa shape index (κ3) is 5.45. The summed E-state index contributed by atoms with van der Waals surface area (Å²) in [6, 6.07) is 71.6. The smallest absolute Gasteiger partial charge is 0.165 e. The number of thiophene rings is 1. The molecule has 0 bridgehead atoms. The van der Waals surface area contributed by atoms with Crippen molar-refractivity contribution >= 4 is 74.6 Å². The number of aromatic nitrogens is 3. The fourth-order valence-corrected chi connectivity index (χ4v) is 10.3. The molecule has 3 nitrogen and oxygen atoms in total. The van der Waals surface area contributed by atoms with Crippen LogP contribution in [0.4, 0.5) is 0 Å². The van der Waals surface area contributed by atoms with Gasteiger partial charge in [0.2, 0.25) is 0 Å². The Hall–Kier alpha value is -7.53. The Morgan fingerprint density at radius 2 is 0.797 bits per heavy atom. The lowest BCUT2D eigenvalue weighted by Gasteiger charge is -2.17. The Morgan fingerprint density at radius 1 is 0.271 bits per heavy atom. The van der Waals surface area contributed by atoms with Gasteiger partial charge in [-0.25, -0.2) is 15.0 Å². The number of rotatable bonds is 5. The molecule has 0 radical (unpaired) electrons. The first-order valence-corrected chi connectivity index (χ1v) is 20.8. The molecule has 0 fully saturated rings. The largest absolute Gasteiger partial charge is 0.208 e. The van der Waals surface area contributed by atoms with Crippen molar-refractivity contribution < 1.29 is 0 Å². The lowest BCUT2D eigenvalue weighted by Crippen LogP contribution is -2.03. The molecule has 10 aromatic carbocycles. The number of hydrogen-bond donors (Lipinski definition) is 0. The summed E-state index contributed by atoms with van der Waals surface area (Å²) in [4.78, 5) is 16.5. The molecule has 2 heterocycles. The van der Waals surface area contributed by atoms with Crippen molar-refractivity contribution in [3.63, 3.8) is 0 Å². The SMILES string of the molecule is c1ccc(-c2cc3ccccc3c3ccccc23)c(-c2nc(-c3c(-c4cccc5ccccc45)ccc4ccccc34)nc(-c3cccc4c3sc3ccccc34)n2)c1. The number of fused-ring (bicyclic) bond motifs is 8. The molecular formula is C55H33N3S. The van der Waals surface area contributed by atoms with Crippen LogP contribution in [-0.4, -0.2) is 15.0 Å². The Bertz CT molecular complexity index is 3630. The van der Waals surface area contributed by atoms with Crippen molar-refractivity contribution in [3.8, 4) is 56.4 Å². The predicted octanol–water partition coefficient (Wildman–Crippen LogP) is 15.2. The van der Waals surface area contributed by atoms with Crippen LogP contribution in [0.25, 0.3) is 120 Å². The van der Waals surface area contributed by atoms with Crippen molar-refractivity contribution in [2.45, 2.75) is 0 Å². The third-order valence-corrected chi connectivity index (χ3v) is 13.0. The topological polar surface area (TPSA) is 38.7 Å². The van der Waals surface area contributed by atoms with Gasteiger partial charge in [0, 0.05) is 36.9 Å². The van der Waals surface area contributed by atoms with E-state index in [4.69, 9.17) is 15.0 Å². The van der Waals surface area contributed by atoms with Crippen LogP contribution in [0, 0.1) is 0 Å². The first-order chi connectivity index (χ1) is 29.3. The summed E-state index contributed by atoms with van der Waals surface area (Å²) in [5.74, 6) is 1.92. The molecule has 0 amide bonds. The summed E-state index contributed by atoms with van der Waals surface area (Å²) < 4.78 is 2.41. The molecule has 0 unspecified atom stereocenters. The van der Waals surface area contributed by atoms with Gasteiger partial charge in [-0.2, -0.15) is 0 Å². The monoisotopic (exact) mass is 767 g/mol. The first-order valence-electron chi connectivity index (χ1n) is 19.9. The molecule has 274 valence electrons. The van der Waals surface area contributed by atoms with Gasteiger partial charge in [-0.15, -0.1) is 11.3 Å². The summed E-state index contributed by atoms with van der Waals surface area (Å²) in [5.41, 5.74) is 7.37. The molecule has 12 aromatic rings. The van der Waals surface area contributed by atoms with E-state index < -0.39 is 0 Å². The first kappa shape index (κ1) is 33.6. The van der Waals surface area contributed by atoms with E-state index in [1.54, 1.807) is 11.3 Å².